The van der Waals surface area contributed by atoms with Crippen LogP contribution in [0, 0.1) is 11.3 Å². The van der Waals surface area contributed by atoms with Crippen LogP contribution in [0.2, 0.25) is 0 Å². The van der Waals surface area contributed by atoms with E-state index < -0.39 is 0 Å². The van der Waals surface area contributed by atoms with Gasteiger partial charge in [0.15, 0.2) is 18.1 Å². The maximum atomic E-state index is 12.1. The second kappa shape index (κ2) is 9.24. The molecule has 0 spiro atoms. The first kappa shape index (κ1) is 19.7. The third kappa shape index (κ3) is 4.43. The van der Waals surface area contributed by atoms with Gasteiger partial charge in [-0.3, -0.25) is 4.79 Å². The number of amides is 1. The van der Waals surface area contributed by atoms with Crippen molar-refractivity contribution < 1.29 is 19.1 Å². The number of thiophene rings is 1. The van der Waals surface area contributed by atoms with Crippen LogP contribution in [-0.4, -0.2) is 32.9 Å². The fourth-order valence-corrected chi connectivity index (χ4v) is 4.32. The smallest absolute Gasteiger partial charge is 0.265 e. The van der Waals surface area contributed by atoms with E-state index in [0.717, 1.165) is 36.8 Å². The Labute approximate surface area is 167 Å². The molecule has 8 heteroatoms. The monoisotopic (exact) mass is 399 g/mol. The van der Waals surface area contributed by atoms with Gasteiger partial charge in [0.05, 0.1) is 26.0 Å². The molecule has 0 fully saturated rings. The Morgan fingerprint density at radius 1 is 1.29 bits per heavy atom. The Balaban J connectivity index is 1.56. The van der Waals surface area contributed by atoms with Crippen LogP contribution in [0.25, 0.3) is 0 Å². The molecule has 0 saturated carbocycles. The summed E-state index contributed by atoms with van der Waals surface area (Å²) in [6.45, 7) is -0.239. The van der Waals surface area contributed by atoms with Crippen molar-refractivity contribution in [1.29, 1.82) is 5.26 Å². The number of benzene rings is 1. The SMILES string of the molecule is COc1ccc(C=NOCC(=O)Nc2sc3c(c2C#N)CCCC3)cc1OC. The fraction of sp³-hybridized carbons (Fsp3) is 0.350. The van der Waals surface area contributed by atoms with Crippen molar-refractivity contribution in [3.63, 3.8) is 0 Å². The molecule has 28 heavy (non-hydrogen) atoms. The number of anilines is 1. The van der Waals surface area contributed by atoms with Gasteiger partial charge in [0, 0.05) is 10.4 Å². The number of ether oxygens (including phenoxy) is 2. The highest BCUT2D eigenvalue weighted by molar-refractivity contribution is 7.16. The molecule has 1 aliphatic carbocycles. The summed E-state index contributed by atoms with van der Waals surface area (Å²) in [6, 6.07) is 7.53. The molecule has 3 rings (SSSR count). The lowest BCUT2D eigenvalue weighted by atomic mass is 9.96. The molecule has 146 valence electrons. The molecule has 1 amide bonds. The number of aryl methyl sites for hydroxylation is 1. The van der Waals surface area contributed by atoms with E-state index >= 15 is 0 Å². The maximum absolute atomic E-state index is 12.1. The zero-order valence-electron chi connectivity index (χ0n) is 15.8. The Hall–Kier alpha value is -3.05. The standard InChI is InChI=1S/C20H21N3O4S/c1-25-16-8-7-13(9-17(16)26-2)11-22-27-12-19(24)23-20-15(10-21)14-5-3-4-6-18(14)28-20/h7-9,11H,3-6,12H2,1-2H3,(H,23,24). The summed E-state index contributed by atoms with van der Waals surface area (Å²) in [7, 11) is 3.12. The van der Waals surface area contributed by atoms with Crippen LogP contribution < -0.4 is 14.8 Å². The Morgan fingerprint density at radius 3 is 2.82 bits per heavy atom. The highest BCUT2D eigenvalue weighted by Crippen LogP contribution is 2.37. The summed E-state index contributed by atoms with van der Waals surface area (Å²) in [4.78, 5) is 18.4. The van der Waals surface area contributed by atoms with E-state index in [2.05, 4.69) is 16.5 Å². The lowest BCUT2D eigenvalue weighted by molar-refractivity contribution is -0.120. The Bertz CT molecular complexity index is 930. The summed E-state index contributed by atoms with van der Waals surface area (Å²) >= 11 is 1.48. The molecule has 1 aromatic heterocycles. The van der Waals surface area contributed by atoms with Crippen molar-refractivity contribution in [2.24, 2.45) is 5.16 Å². The van der Waals surface area contributed by atoms with Crippen LogP contribution in [-0.2, 0) is 22.5 Å². The molecule has 1 aliphatic rings. The number of rotatable bonds is 7. The number of methoxy groups -OCH3 is 2. The number of carbonyl (C=O) groups is 1. The number of nitrogens with one attached hydrogen (secondary N) is 1. The number of nitriles is 1. The van der Waals surface area contributed by atoms with Gasteiger partial charge in [-0.1, -0.05) is 5.16 Å². The number of nitrogens with zero attached hydrogens (tertiary/aromatic N) is 2. The van der Waals surface area contributed by atoms with Crippen LogP contribution in [0.5, 0.6) is 11.5 Å². The van der Waals surface area contributed by atoms with Crippen molar-refractivity contribution >= 4 is 28.5 Å². The van der Waals surface area contributed by atoms with Gasteiger partial charge in [-0.05, 0) is 49.4 Å². The van der Waals surface area contributed by atoms with Crippen molar-refractivity contribution in [1.82, 2.24) is 0 Å². The van der Waals surface area contributed by atoms with Gasteiger partial charge in [0.25, 0.3) is 5.91 Å². The largest absolute Gasteiger partial charge is 0.493 e. The molecule has 1 heterocycles. The predicted molar refractivity (Wildman–Crippen MR) is 107 cm³/mol. The highest BCUT2D eigenvalue weighted by atomic mass is 32.1. The zero-order valence-corrected chi connectivity index (χ0v) is 16.6. The van der Waals surface area contributed by atoms with Crippen molar-refractivity contribution in [2.75, 3.05) is 26.1 Å². The summed E-state index contributed by atoms with van der Waals surface area (Å²) in [5.41, 5.74) is 2.42. The van der Waals surface area contributed by atoms with Gasteiger partial charge in [-0.25, -0.2) is 0 Å². The van der Waals surface area contributed by atoms with E-state index in [0.29, 0.717) is 22.1 Å². The minimum absolute atomic E-state index is 0.239. The van der Waals surface area contributed by atoms with Crippen LogP contribution in [0.1, 0.15) is 34.4 Å². The quantitative estimate of drug-likeness (QED) is 0.568. The van der Waals surface area contributed by atoms with Crippen molar-refractivity contribution in [3.8, 4) is 17.6 Å². The average Bonchev–Trinajstić information content (AvgIpc) is 3.07. The molecular weight excluding hydrogens is 378 g/mol. The van der Waals surface area contributed by atoms with Crippen molar-refractivity contribution in [2.45, 2.75) is 25.7 Å². The number of hydrogen-bond donors (Lipinski definition) is 1. The van der Waals surface area contributed by atoms with Crippen LogP contribution in [0.3, 0.4) is 0 Å². The predicted octanol–water partition coefficient (Wildman–Crippen LogP) is 3.50. The van der Waals surface area contributed by atoms with Gasteiger partial charge in [0.1, 0.15) is 11.1 Å². The minimum Gasteiger partial charge on any atom is -0.493 e. The van der Waals surface area contributed by atoms with Crippen molar-refractivity contribution in [3.05, 3.63) is 39.8 Å². The maximum Gasteiger partial charge on any atom is 0.265 e. The molecule has 1 aromatic carbocycles. The Morgan fingerprint density at radius 2 is 2.07 bits per heavy atom. The van der Waals surface area contributed by atoms with Gasteiger partial charge < -0.3 is 19.6 Å². The van der Waals surface area contributed by atoms with Crippen LogP contribution >= 0.6 is 11.3 Å². The first-order valence-electron chi connectivity index (χ1n) is 8.88. The molecule has 2 aromatic rings. The summed E-state index contributed by atoms with van der Waals surface area (Å²) in [5.74, 6) is 0.848. The molecule has 0 unspecified atom stereocenters. The molecule has 0 radical (unpaired) electrons. The number of hydrogen-bond acceptors (Lipinski definition) is 7. The number of oxime groups is 1. The fourth-order valence-electron chi connectivity index (χ4n) is 3.06. The van der Waals surface area contributed by atoms with Gasteiger partial charge in [-0.2, -0.15) is 5.26 Å². The Kier molecular flexibility index (Phi) is 6.50. The summed E-state index contributed by atoms with van der Waals surface area (Å²) < 4.78 is 10.4. The van der Waals surface area contributed by atoms with E-state index in [1.807, 2.05) is 0 Å². The molecule has 0 atom stereocenters. The molecule has 0 aliphatic heterocycles. The molecular formula is C20H21N3O4S. The second-order valence-electron chi connectivity index (χ2n) is 6.20. The van der Waals surface area contributed by atoms with Gasteiger partial charge >= 0.3 is 0 Å². The zero-order chi connectivity index (χ0) is 19.9. The van der Waals surface area contributed by atoms with Crippen LogP contribution in [0.15, 0.2) is 23.4 Å². The van der Waals surface area contributed by atoms with E-state index in [-0.39, 0.29) is 12.5 Å². The minimum atomic E-state index is -0.348. The molecule has 1 N–H and O–H groups in total. The molecule has 7 nitrogen and oxygen atoms in total. The molecule has 0 bridgehead atoms. The third-order valence-corrected chi connectivity index (χ3v) is 5.62. The first-order chi connectivity index (χ1) is 13.7. The lowest BCUT2D eigenvalue weighted by Gasteiger charge is -2.09. The lowest BCUT2D eigenvalue weighted by Crippen LogP contribution is -2.17. The van der Waals surface area contributed by atoms with E-state index in [9.17, 15) is 10.1 Å². The average molecular weight is 399 g/mol. The van der Waals surface area contributed by atoms with Crippen LogP contribution in [0.4, 0.5) is 5.00 Å². The molecule has 0 saturated heterocycles. The summed E-state index contributed by atoms with van der Waals surface area (Å²) in [6.07, 6.45) is 5.56. The van der Waals surface area contributed by atoms with E-state index in [1.54, 1.807) is 32.4 Å². The number of carbonyl (C=O) groups excluding carboxylic acids is 1. The second-order valence-corrected chi connectivity index (χ2v) is 7.30. The highest BCUT2D eigenvalue weighted by Gasteiger charge is 2.21. The van der Waals surface area contributed by atoms with E-state index in [4.69, 9.17) is 14.3 Å². The third-order valence-electron chi connectivity index (χ3n) is 4.42. The normalized spacial score (nSPS) is 12.9. The van der Waals surface area contributed by atoms with Gasteiger partial charge in [0.2, 0.25) is 0 Å². The first-order valence-corrected chi connectivity index (χ1v) is 9.69. The number of fused-ring (bicyclic) bond motifs is 1. The summed E-state index contributed by atoms with van der Waals surface area (Å²) in [5, 5.41) is 16.6. The van der Waals surface area contributed by atoms with Gasteiger partial charge in [-0.15, -0.1) is 11.3 Å². The topological polar surface area (TPSA) is 92.9 Å². The van der Waals surface area contributed by atoms with E-state index in [1.165, 1.54) is 22.4 Å².